The molecule has 152 valence electrons. The number of benzene rings is 2. The highest BCUT2D eigenvalue weighted by Gasteiger charge is 2.27. The summed E-state index contributed by atoms with van der Waals surface area (Å²) in [6.07, 6.45) is 4.13. The largest absolute Gasteiger partial charge is 0.496 e. The van der Waals surface area contributed by atoms with E-state index < -0.39 is 0 Å². The average Bonchev–Trinajstić information content (AvgIpc) is 3.44. The molecule has 0 bridgehead atoms. The average molecular weight is 393 g/mol. The molecule has 1 aromatic heterocycles. The number of carbonyl (C=O) groups excluding carboxylic acids is 1. The van der Waals surface area contributed by atoms with Crippen LogP contribution in [-0.2, 0) is 4.79 Å². The second-order valence-electron chi connectivity index (χ2n) is 7.56. The van der Waals surface area contributed by atoms with Crippen molar-refractivity contribution in [2.24, 2.45) is 0 Å². The van der Waals surface area contributed by atoms with Gasteiger partial charge < -0.3 is 14.6 Å². The predicted octanol–water partition coefficient (Wildman–Crippen LogP) is 3.56. The highest BCUT2D eigenvalue weighted by molar-refractivity contribution is 5.83. The van der Waals surface area contributed by atoms with Crippen LogP contribution in [0.2, 0.25) is 0 Å². The highest BCUT2D eigenvalue weighted by Crippen LogP contribution is 2.31. The van der Waals surface area contributed by atoms with Gasteiger partial charge in [0.1, 0.15) is 11.8 Å². The minimum Gasteiger partial charge on any atom is -0.496 e. The summed E-state index contributed by atoms with van der Waals surface area (Å²) >= 11 is 0. The van der Waals surface area contributed by atoms with E-state index >= 15 is 0 Å². The summed E-state index contributed by atoms with van der Waals surface area (Å²) in [7, 11) is 1.70. The lowest BCUT2D eigenvalue weighted by molar-refractivity contribution is -0.124. The Kier molecular flexibility index (Phi) is 5.81. The summed E-state index contributed by atoms with van der Waals surface area (Å²) in [5, 5.41) is 3.18. The van der Waals surface area contributed by atoms with E-state index in [2.05, 4.69) is 21.3 Å². The number of amides is 1. The van der Waals surface area contributed by atoms with E-state index in [-0.39, 0.29) is 18.0 Å². The van der Waals surface area contributed by atoms with Gasteiger partial charge in [-0.2, -0.15) is 0 Å². The molecule has 1 saturated heterocycles. The maximum Gasteiger partial charge on any atom is 0.242 e. The molecule has 2 heterocycles. The molecular weight excluding hydrogens is 364 g/mol. The molecule has 29 heavy (non-hydrogen) atoms. The van der Waals surface area contributed by atoms with E-state index in [1.807, 2.05) is 54.0 Å². The molecule has 0 spiro atoms. The molecule has 0 saturated carbocycles. The fourth-order valence-electron chi connectivity index (χ4n) is 4.19. The maximum absolute atomic E-state index is 13.0. The van der Waals surface area contributed by atoms with Crippen LogP contribution in [0.15, 0.2) is 54.9 Å². The molecule has 0 radical (unpaired) electrons. The summed E-state index contributed by atoms with van der Waals surface area (Å²) in [4.78, 5) is 19.8. The molecule has 6 heteroatoms. The molecule has 1 N–H and O–H groups in total. The monoisotopic (exact) mass is 392 g/mol. The third-order valence-corrected chi connectivity index (χ3v) is 5.83. The third kappa shape index (κ3) is 3.98. The number of nitrogens with one attached hydrogen (secondary N) is 1. The third-order valence-electron chi connectivity index (χ3n) is 5.83. The van der Waals surface area contributed by atoms with Gasteiger partial charge in [0.15, 0.2) is 0 Å². The van der Waals surface area contributed by atoms with Crippen molar-refractivity contribution in [1.82, 2.24) is 19.8 Å². The molecule has 4 rings (SSSR count). The van der Waals surface area contributed by atoms with Crippen LogP contribution in [0.3, 0.4) is 0 Å². The normalized spacial score (nSPS) is 16.6. The van der Waals surface area contributed by atoms with Crippen molar-refractivity contribution < 1.29 is 9.53 Å². The molecule has 2 atom stereocenters. The Hall–Kier alpha value is -2.86. The predicted molar refractivity (Wildman–Crippen MR) is 114 cm³/mol. The van der Waals surface area contributed by atoms with Crippen molar-refractivity contribution in [3.05, 3.63) is 60.4 Å². The van der Waals surface area contributed by atoms with Crippen LogP contribution in [0.1, 0.15) is 37.4 Å². The summed E-state index contributed by atoms with van der Waals surface area (Å²) in [5.74, 6) is 0.861. The van der Waals surface area contributed by atoms with Crippen LogP contribution in [0.25, 0.3) is 11.0 Å². The van der Waals surface area contributed by atoms with E-state index in [4.69, 9.17) is 4.74 Å². The van der Waals surface area contributed by atoms with Crippen molar-refractivity contribution in [3.63, 3.8) is 0 Å². The Morgan fingerprint density at radius 2 is 1.86 bits per heavy atom. The maximum atomic E-state index is 13.0. The number of likely N-dealkylation sites (tertiary alicyclic amines) is 1. The van der Waals surface area contributed by atoms with Gasteiger partial charge >= 0.3 is 0 Å². The lowest BCUT2D eigenvalue weighted by Gasteiger charge is -2.30. The minimum absolute atomic E-state index is 0.00718. The van der Waals surface area contributed by atoms with Gasteiger partial charge in [-0.3, -0.25) is 9.69 Å². The number of imidazole rings is 1. The second kappa shape index (κ2) is 8.66. The van der Waals surface area contributed by atoms with E-state index in [1.165, 1.54) is 12.8 Å². The number of carbonyl (C=O) groups is 1. The number of methoxy groups -OCH3 is 1. The fraction of sp³-hybridized carbons (Fsp3) is 0.391. The number of para-hydroxylation sites is 3. The Bertz CT molecular complexity index is 978. The first kappa shape index (κ1) is 19.5. The van der Waals surface area contributed by atoms with Crippen LogP contribution in [0.4, 0.5) is 0 Å². The molecule has 6 nitrogen and oxygen atoms in total. The molecule has 0 aliphatic carbocycles. The number of ether oxygens (including phenoxy) is 1. The van der Waals surface area contributed by atoms with E-state index in [9.17, 15) is 4.79 Å². The lowest BCUT2D eigenvalue weighted by atomic mass is 10.0. The minimum atomic E-state index is -0.334. The Morgan fingerprint density at radius 3 is 2.66 bits per heavy atom. The number of hydrogen-bond donors (Lipinski definition) is 1. The zero-order valence-electron chi connectivity index (χ0n) is 17.0. The van der Waals surface area contributed by atoms with Gasteiger partial charge in [0.05, 0.1) is 30.5 Å². The van der Waals surface area contributed by atoms with Gasteiger partial charge in [-0.1, -0.05) is 30.3 Å². The van der Waals surface area contributed by atoms with Crippen molar-refractivity contribution in [2.75, 3.05) is 26.7 Å². The molecule has 1 fully saturated rings. The summed E-state index contributed by atoms with van der Waals surface area (Å²) < 4.78 is 7.52. The molecule has 1 aliphatic rings. The number of fused-ring (bicyclic) bond motifs is 1. The van der Waals surface area contributed by atoms with E-state index in [0.29, 0.717) is 6.54 Å². The Balaban J connectivity index is 1.51. The first-order valence-electron chi connectivity index (χ1n) is 10.3. The summed E-state index contributed by atoms with van der Waals surface area (Å²) in [6, 6.07) is 15.7. The Morgan fingerprint density at radius 1 is 1.14 bits per heavy atom. The standard InChI is InChI=1S/C23H28N4O2/c1-17(27-16-25-19-10-4-5-11-20(19)27)23(28)24-15-21(26-13-7-8-14-26)18-9-3-6-12-22(18)29-2/h3-6,9-12,16-17,21H,7-8,13-15H2,1-2H3,(H,24,28). The zero-order chi connectivity index (χ0) is 20.2. The van der Waals surface area contributed by atoms with Crippen LogP contribution in [-0.4, -0.2) is 47.1 Å². The second-order valence-corrected chi connectivity index (χ2v) is 7.56. The fourth-order valence-corrected chi connectivity index (χ4v) is 4.19. The van der Waals surface area contributed by atoms with E-state index in [0.717, 1.165) is 35.4 Å². The van der Waals surface area contributed by atoms with Gasteiger partial charge in [-0.05, 0) is 51.1 Å². The van der Waals surface area contributed by atoms with Gasteiger partial charge in [0.25, 0.3) is 0 Å². The molecule has 3 aromatic rings. The highest BCUT2D eigenvalue weighted by atomic mass is 16.5. The first-order chi connectivity index (χ1) is 14.2. The van der Waals surface area contributed by atoms with Crippen molar-refractivity contribution >= 4 is 16.9 Å². The van der Waals surface area contributed by atoms with Crippen LogP contribution in [0, 0.1) is 0 Å². The molecule has 2 unspecified atom stereocenters. The molecule has 1 amide bonds. The zero-order valence-corrected chi connectivity index (χ0v) is 17.0. The Labute approximate surface area is 171 Å². The van der Waals surface area contributed by atoms with Gasteiger partial charge in [0, 0.05) is 12.1 Å². The van der Waals surface area contributed by atoms with Crippen molar-refractivity contribution in [1.29, 1.82) is 0 Å². The number of hydrogen-bond acceptors (Lipinski definition) is 4. The van der Waals surface area contributed by atoms with E-state index in [1.54, 1.807) is 13.4 Å². The summed E-state index contributed by atoms with van der Waals surface area (Å²) in [5.41, 5.74) is 2.99. The van der Waals surface area contributed by atoms with Gasteiger partial charge in [-0.25, -0.2) is 4.98 Å². The molecule has 1 aliphatic heterocycles. The molecule has 2 aromatic carbocycles. The molecular formula is C23H28N4O2. The topological polar surface area (TPSA) is 59.4 Å². The quantitative estimate of drug-likeness (QED) is 0.668. The van der Waals surface area contributed by atoms with Crippen molar-refractivity contribution in [3.8, 4) is 5.75 Å². The van der Waals surface area contributed by atoms with Gasteiger partial charge in [0.2, 0.25) is 5.91 Å². The van der Waals surface area contributed by atoms with Crippen LogP contribution in [0.5, 0.6) is 5.75 Å². The summed E-state index contributed by atoms with van der Waals surface area (Å²) in [6.45, 7) is 4.55. The van der Waals surface area contributed by atoms with Crippen LogP contribution >= 0.6 is 0 Å². The lowest BCUT2D eigenvalue weighted by Crippen LogP contribution is -2.39. The number of aromatic nitrogens is 2. The SMILES string of the molecule is COc1ccccc1C(CNC(=O)C(C)n1cnc2ccccc21)N1CCCC1. The van der Waals surface area contributed by atoms with Crippen molar-refractivity contribution in [2.45, 2.75) is 31.8 Å². The van der Waals surface area contributed by atoms with Gasteiger partial charge in [-0.15, -0.1) is 0 Å². The first-order valence-corrected chi connectivity index (χ1v) is 10.3. The number of rotatable bonds is 7. The smallest absolute Gasteiger partial charge is 0.242 e. The number of nitrogens with zero attached hydrogens (tertiary/aromatic N) is 3. The van der Waals surface area contributed by atoms with Crippen LogP contribution < -0.4 is 10.1 Å².